The zero-order valence-electron chi connectivity index (χ0n) is 18.7. The molecule has 0 radical (unpaired) electrons. The van der Waals surface area contributed by atoms with Crippen molar-refractivity contribution in [1.29, 1.82) is 0 Å². The van der Waals surface area contributed by atoms with Gasteiger partial charge in [-0.1, -0.05) is 57.6 Å². The Morgan fingerprint density at radius 2 is 1.83 bits per heavy atom. The van der Waals surface area contributed by atoms with Gasteiger partial charge >= 0.3 is 0 Å². The van der Waals surface area contributed by atoms with Gasteiger partial charge in [0, 0.05) is 15.6 Å². The van der Waals surface area contributed by atoms with E-state index in [1.54, 1.807) is 48.5 Å². The number of hydrazone groups is 1. The first-order valence-corrected chi connectivity index (χ1v) is 12.2. The second kappa shape index (κ2) is 12.1. The van der Waals surface area contributed by atoms with E-state index in [1.165, 1.54) is 18.3 Å². The van der Waals surface area contributed by atoms with E-state index in [0.717, 1.165) is 21.4 Å². The number of hydrogen-bond acceptors (Lipinski definition) is 7. The summed E-state index contributed by atoms with van der Waals surface area (Å²) < 4.78 is 19.7. The fourth-order valence-electron chi connectivity index (χ4n) is 2.98. The molecule has 1 aromatic heterocycles. The van der Waals surface area contributed by atoms with Gasteiger partial charge in [0.2, 0.25) is 11.0 Å². The molecule has 0 saturated heterocycles. The topological polar surface area (TPSA) is 106 Å². The number of amides is 2. The number of rotatable bonds is 9. The molecule has 0 atom stereocenters. The lowest BCUT2D eigenvalue weighted by atomic mass is 10.2. The molecule has 4 rings (SSSR count). The summed E-state index contributed by atoms with van der Waals surface area (Å²) >= 11 is 4.52. The van der Waals surface area contributed by atoms with Crippen LogP contribution in [0.2, 0.25) is 0 Å². The molecule has 2 N–H and O–H groups in total. The molecule has 0 aliphatic carbocycles. The minimum Gasteiger partial charge on any atom is -0.488 e. The summed E-state index contributed by atoms with van der Waals surface area (Å²) in [4.78, 5) is 24.5. The van der Waals surface area contributed by atoms with E-state index in [0.29, 0.717) is 27.0 Å². The van der Waals surface area contributed by atoms with Gasteiger partial charge < -0.3 is 4.74 Å². The monoisotopic (exact) mass is 567 g/mol. The molecule has 2 amide bonds. The summed E-state index contributed by atoms with van der Waals surface area (Å²) in [5.74, 6) is -0.470. The fraction of sp³-hybridized carbons (Fsp3) is 0.0800. The molecule has 1 heterocycles. The average molecular weight is 568 g/mol. The average Bonchev–Trinajstić information content (AvgIpc) is 3.31. The highest BCUT2D eigenvalue weighted by Gasteiger charge is 2.12. The number of carbonyl (C=O) groups excluding carboxylic acids is 2. The summed E-state index contributed by atoms with van der Waals surface area (Å²) in [6, 6.07) is 20.1. The summed E-state index contributed by atoms with van der Waals surface area (Å²) in [6.45, 7) is 0.245. The van der Waals surface area contributed by atoms with Crippen LogP contribution in [-0.4, -0.2) is 28.2 Å². The predicted octanol–water partition coefficient (Wildman–Crippen LogP) is 4.96. The van der Waals surface area contributed by atoms with Crippen molar-refractivity contribution in [3.8, 4) is 5.75 Å². The fourth-order valence-corrected chi connectivity index (χ4v) is 4.09. The highest BCUT2D eigenvalue weighted by Crippen LogP contribution is 2.23. The van der Waals surface area contributed by atoms with E-state index < -0.39 is 5.91 Å². The maximum absolute atomic E-state index is 13.1. The van der Waals surface area contributed by atoms with Crippen molar-refractivity contribution in [2.75, 3.05) is 5.32 Å². The van der Waals surface area contributed by atoms with Crippen molar-refractivity contribution < 1.29 is 18.7 Å². The first-order chi connectivity index (χ1) is 17.5. The molecule has 8 nitrogen and oxygen atoms in total. The number of nitrogens with one attached hydrogen (secondary N) is 2. The van der Waals surface area contributed by atoms with Gasteiger partial charge in [0.25, 0.3) is 5.91 Å². The minimum absolute atomic E-state index is 0.0530. The maximum atomic E-state index is 13.1. The first kappa shape index (κ1) is 25.1. The number of carbonyl (C=O) groups is 2. The lowest BCUT2D eigenvalue weighted by molar-refractivity contribution is -0.120. The van der Waals surface area contributed by atoms with Gasteiger partial charge in [0.1, 0.15) is 23.2 Å². The van der Waals surface area contributed by atoms with Crippen LogP contribution in [0, 0.1) is 5.82 Å². The highest BCUT2D eigenvalue weighted by molar-refractivity contribution is 9.10. The number of aromatic nitrogens is 2. The Balaban J connectivity index is 1.31. The van der Waals surface area contributed by atoms with Crippen LogP contribution in [-0.2, 0) is 17.8 Å². The van der Waals surface area contributed by atoms with Crippen molar-refractivity contribution in [2.24, 2.45) is 5.10 Å². The van der Waals surface area contributed by atoms with Crippen molar-refractivity contribution in [2.45, 2.75) is 13.0 Å². The highest BCUT2D eigenvalue weighted by atomic mass is 79.9. The maximum Gasteiger partial charge on any atom is 0.257 e. The quantitative estimate of drug-likeness (QED) is 0.219. The van der Waals surface area contributed by atoms with Crippen molar-refractivity contribution in [3.63, 3.8) is 0 Å². The molecule has 182 valence electrons. The number of anilines is 1. The van der Waals surface area contributed by atoms with Crippen LogP contribution in [0.25, 0.3) is 0 Å². The lowest BCUT2D eigenvalue weighted by Crippen LogP contribution is -2.19. The van der Waals surface area contributed by atoms with Gasteiger partial charge in [0.05, 0.1) is 12.6 Å². The Labute approximate surface area is 218 Å². The number of ether oxygens (including phenoxy) is 1. The van der Waals surface area contributed by atoms with E-state index in [4.69, 9.17) is 4.74 Å². The molecule has 0 spiro atoms. The Morgan fingerprint density at radius 3 is 2.61 bits per heavy atom. The molecule has 0 fully saturated rings. The molecule has 0 bridgehead atoms. The third-order valence-electron chi connectivity index (χ3n) is 4.71. The Bertz CT molecular complexity index is 1380. The molecule has 11 heteroatoms. The van der Waals surface area contributed by atoms with Crippen molar-refractivity contribution >= 4 is 50.4 Å². The van der Waals surface area contributed by atoms with Crippen molar-refractivity contribution in [1.82, 2.24) is 15.6 Å². The molecule has 4 aromatic rings. The molecular formula is C25H19BrFN5O3S. The van der Waals surface area contributed by atoms with Gasteiger partial charge in [0.15, 0.2) is 0 Å². The molecule has 3 aromatic carbocycles. The van der Waals surface area contributed by atoms with Crippen LogP contribution in [0.4, 0.5) is 9.52 Å². The first-order valence-electron chi connectivity index (χ1n) is 10.6. The van der Waals surface area contributed by atoms with E-state index in [9.17, 15) is 14.0 Å². The van der Waals surface area contributed by atoms with E-state index in [1.807, 2.05) is 12.1 Å². The van der Waals surface area contributed by atoms with Crippen molar-refractivity contribution in [3.05, 3.63) is 105 Å². The normalized spacial score (nSPS) is 10.8. The van der Waals surface area contributed by atoms with Gasteiger partial charge in [-0.2, -0.15) is 5.10 Å². The molecular weight excluding hydrogens is 549 g/mol. The van der Waals surface area contributed by atoms with Crippen LogP contribution < -0.4 is 15.5 Å². The second-order valence-electron chi connectivity index (χ2n) is 7.39. The zero-order chi connectivity index (χ0) is 25.3. The van der Waals surface area contributed by atoms with E-state index in [2.05, 4.69) is 42.0 Å². The summed E-state index contributed by atoms with van der Waals surface area (Å²) in [6.07, 6.45) is 1.41. The van der Waals surface area contributed by atoms with Crippen LogP contribution in [0.1, 0.15) is 26.5 Å². The van der Waals surface area contributed by atoms with Crippen LogP contribution in [0.5, 0.6) is 5.75 Å². The van der Waals surface area contributed by atoms with Gasteiger partial charge in [-0.05, 0) is 48.0 Å². The van der Waals surface area contributed by atoms with Crippen LogP contribution in [0.15, 0.2) is 82.4 Å². The minimum atomic E-state index is -0.396. The van der Waals surface area contributed by atoms with E-state index in [-0.39, 0.29) is 24.8 Å². The number of nitrogens with zero attached hydrogens (tertiary/aromatic N) is 3. The van der Waals surface area contributed by atoms with Gasteiger partial charge in [-0.15, -0.1) is 10.2 Å². The Hall–Kier alpha value is -3.96. The summed E-state index contributed by atoms with van der Waals surface area (Å²) in [5.41, 5.74) is 4.39. The van der Waals surface area contributed by atoms with Gasteiger partial charge in [-0.25, -0.2) is 9.82 Å². The SMILES string of the molecule is O=C(Cc1nnc(NC(=O)c2ccccc2)s1)N/N=C/c1cc(Br)ccc1OCc1ccc(F)cc1. The predicted molar refractivity (Wildman–Crippen MR) is 139 cm³/mol. The molecule has 0 unspecified atom stereocenters. The number of hydrogen-bond donors (Lipinski definition) is 2. The Morgan fingerprint density at radius 1 is 1.06 bits per heavy atom. The van der Waals surface area contributed by atoms with Gasteiger partial charge in [-0.3, -0.25) is 14.9 Å². The Kier molecular flexibility index (Phi) is 8.48. The second-order valence-corrected chi connectivity index (χ2v) is 9.37. The zero-order valence-corrected chi connectivity index (χ0v) is 21.1. The van der Waals surface area contributed by atoms with Crippen LogP contribution in [0.3, 0.4) is 0 Å². The third-order valence-corrected chi connectivity index (χ3v) is 6.04. The lowest BCUT2D eigenvalue weighted by Gasteiger charge is -2.09. The molecule has 0 aliphatic rings. The molecule has 0 saturated carbocycles. The summed E-state index contributed by atoms with van der Waals surface area (Å²) in [7, 11) is 0. The smallest absolute Gasteiger partial charge is 0.257 e. The van der Waals surface area contributed by atoms with Crippen LogP contribution >= 0.6 is 27.3 Å². The number of halogens is 2. The third kappa shape index (κ3) is 7.27. The molecule has 0 aliphatic heterocycles. The standard InChI is InChI=1S/C25H19BrFN5O3S/c26-19-8-11-21(35-15-16-6-9-20(27)10-7-16)18(12-19)14-28-30-22(33)13-23-31-32-25(36-23)29-24(34)17-4-2-1-3-5-17/h1-12,14H,13,15H2,(H,30,33)(H,29,32,34)/b28-14+. The largest absolute Gasteiger partial charge is 0.488 e. The summed E-state index contributed by atoms with van der Waals surface area (Å²) in [5, 5.41) is 15.3. The van der Waals surface area contributed by atoms with E-state index >= 15 is 0 Å². The molecule has 36 heavy (non-hydrogen) atoms. The number of benzene rings is 3.